The van der Waals surface area contributed by atoms with Gasteiger partial charge in [0.15, 0.2) is 17.5 Å². The van der Waals surface area contributed by atoms with Gasteiger partial charge in [-0.15, -0.1) is 0 Å². The highest BCUT2D eigenvalue weighted by molar-refractivity contribution is 6.24. The number of nitrogens with zero attached hydrogens (tertiary/aromatic N) is 6. The van der Waals surface area contributed by atoms with E-state index < -0.39 is 0 Å². The first kappa shape index (κ1) is 35.2. The van der Waals surface area contributed by atoms with Gasteiger partial charge in [0.1, 0.15) is 0 Å². The topological polar surface area (TPSA) is 53.5 Å². The van der Waals surface area contributed by atoms with Gasteiger partial charge in [0.2, 0.25) is 0 Å². The molecule has 4 aromatic heterocycles. The Balaban J connectivity index is 1.08. The Morgan fingerprint density at radius 1 is 0.238 bits per heavy atom. The lowest BCUT2D eigenvalue weighted by molar-refractivity contribution is 1.07. The van der Waals surface area contributed by atoms with Crippen LogP contribution in [-0.2, 0) is 0 Å². The normalized spacial score (nSPS) is 11.8. The van der Waals surface area contributed by atoms with E-state index in [1.165, 1.54) is 43.4 Å². The van der Waals surface area contributed by atoms with Gasteiger partial charge in [-0.2, -0.15) is 0 Å². The van der Waals surface area contributed by atoms with E-state index >= 15 is 0 Å². The zero-order valence-corrected chi connectivity index (χ0v) is 34.0. The second kappa shape index (κ2) is 14.0. The molecule has 4 heterocycles. The number of rotatable bonds is 6. The van der Waals surface area contributed by atoms with Crippen LogP contribution in [0.3, 0.4) is 0 Å². The maximum absolute atomic E-state index is 5.11. The summed E-state index contributed by atoms with van der Waals surface area (Å²) in [5.74, 6) is 1.89. The van der Waals surface area contributed by atoms with Gasteiger partial charge in [-0.25, -0.2) is 15.0 Å². The van der Waals surface area contributed by atoms with Gasteiger partial charge in [-0.05, 0) is 60.7 Å². The average molecular weight is 805 g/mol. The van der Waals surface area contributed by atoms with E-state index in [1.807, 2.05) is 60.7 Å². The van der Waals surface area contributed by atoms with Gasteiger partial charge in [0.05, 0.1) is 33.1 Å². The molecule has 0 unspecified atom stereocenters. The smallest absolute Gasteiger partial charge is 0.164 e. The quantitative estimate of drug-likeness (QED) is 0.168. The molecule has 0 bridgehead atoms. The fourth-order valence-corrected chi connectivity index (χ4v) is 9.71. The van der Waals surface area contributed by atoms with Crippen molar-refractivity contribution >= 4 is 65.4 Å². The third-order valence-corrected chi connectivity index (χ3v) is 12.5. The Bertz CT molecular complexity index is 3840. The molecule has 0 N–H and O–H groups in total. The molecule has 13 aromatic rings. The van der Waals surface area contributed by atoms with E-state index in [0.717, 1.165) is 55.8 Å². The van der Waals surface area contributed by atoms with Crippen LogP contribution >= 0.6 is 0 Å². The standard InChI is InChI=1S/C57H36N6/c1-4-17-37(18-5-1)55-58-56(38-19-6-2-7-20-38)60-57(59-55)39-21-16-24-41(35-39)62-50-29-14-10-25-43(50)46-32-33-47-44-26-11-15-30-51(44)63(54(47)53(46)62)42-31-34-52-48(36-42)45-27-12-13-28-49(45)61(52)40-22-8-3-9-23-40/h1-36H. The largest absolute Gasteiger partial charge is 0.309 e. The van der Waals surface area contributed by atoms with Crippen molar-refractivity contribution in [1.29, 1.82) is 0 Å². The van der Waals surface area contributed by atoms with E-state index in [9.17, 15) is 0 Å². The van der Waals surface area contributed by atoms with E-state index in [4.69, 9.17) is 15.0 Å². The van der Waals surface area contributed by atoms with Crippen LogP contribution in [-0.4, -0.2) is 28.7 Å². The molecule has 0 aliphatic heterocycles. The van der Waals surface area contributed by atoms with Crippen LogP contribution in [0.25, 0.3) is 117 Å². The zero-order valence-electron chi connectivity index (χ0n) is 34.0. The van der Waals surface area contributed by atoms with Gasteiger partial charge in [-0.1, -0.05) is 158 Å². The summed E-state index contributed by atoms with van der Waals surface area (Å²) >= 11 is 0. The first-order valence-electron chi connectivity index (χ1n) is 21.3. The lowest BCUT2D eigenvalue weighted by Gasteiger charge is -2.14. The van der Waals surface area contributed by atoms with Crippen molar-refractivity contribution in [3.8, 4) is 51.2 Å². The lowest BCUT2D eigenvalue weighted by Crippen LogP contribution is -2.01. The first-order chi connectivity index (χ1) is 31.3. The minimum absolute atomic E-state index is 0.618. The van der Waals surface area contributed by atoms with Crippen LogP contribution in [0.1, 0.15) is 0 Å². The molecule has 63 heavy (non-hydrogen) atoms. The summed E-state index contributed by atoms with van der Waals surface area (Å²) in [5, 5.41) is 7.21. The van der Waals surface area contributed by atoms with E-state index in [1.54, 1.807) is 0 Å². The molecular formula is C57H36N6. The minimum Gasteiger partial charge on any atom is -0.309 e. The average Bonchev–Trinajstić information content (AvgIpc) is 4.00. The highest BCUT2D eigenvalue weighted by atomic mass is 15.1. The summed E-state index contributed by atoms with van der Waals surface area (Å²) in [5.41, 5.74) is 13.0. The predicted octanol–water partition coefficient (Wildman–Crippen LogP) is 14.2. The van der Waals surface area contributed by atoms with Crippen molar-refractivity contribution in [1.82, 2.24) is 28.7 Å². The Kier molecular flexibility index (Phi) is 7.80. The summed E-state index contributed by atoms with van der Waals surface area (Å²) in [6.07, 6.45) is 0. The zero-order chi connectivity index (χ0) is 41.4. The van der Waals surface area contributed by atoms with Crippen molar-refractivity contribution < 1.29 is 0 Å². The molecule has 294 valence electrons. The lowest BCUT2D eigenvalue weighted by atomic mass is 10.1. The molecule has 6 heteroatoms. The highest BCUT2D eigenvalue weighted by Crippen LogP contribution is 2.43. The molecule has 0 saturated carbocycles. The minimum atomic E-state index is 0.618. The number of benzene rings is 9. The van der Waals surface area contributed by atoms with Crippen LogP contribution in [0.5, 0.6) is 0 Å². The van der Waals surface area contributed by atoms with Gasteiger partial charge in [0, 0.05) is 66.1 Å². The summed E-state index contributed by atoms with van der Waals surface area (Å²) in [6.45, 7) is 0. The molecule has 0 aliphatic rings. The Morgan fingerprint density at radius 2 is 0.635 bits per heavy atom. The number of aromatic nitrogens is 6. The van der Waals surface area contributed by atoms with E-state index in [0.29, 0.717) is 17.5 Å². The number of para-hydroxylation sites is 4. The molecule has 0 fully saturated rings. The molecule has 0 amide bonds. The van der Waals surface area contributed by atoms with Crippen LogP contribution in [0, 0.1) is 0 Å². The van der Waals surface area contributed by atoms with Gasteiger partial charge >= 0.3 is 0 Å². The van der Waals surface area contributed by atoms with E-state index in [-0.39, 0.29) is 0 Å². The second-order valence-corrected chi connectivity index (χ2v) is 16.0. The molecule has 6 nitrogen and oxygen atoms in total. The van der Waals surface area contributed by atoms with Gasteiger partial charge in [-0.3, -0.25) is 0 Å². The summed E-state index contributed by atoms with van der Waals surface area (Å²) in [4.78, 5) is 15.2. The third-order valence-electron chi connectivity index (χ3n) is 12.5. The van der Waals surface area contributed by atoms with Crippen molar-refractivity contribution in [2.24, 2.45) is 0 Å². The first-order valence-corrected chi connectivity index (χ1v) is 21.3. The van der Waals surface area contributed by atoms with Gasteiger partial charge < -0.3 is 13.7 Å². The molecular weight excluding hydrogens is 769 g/mol. The summed E-state index contributed by atoms with van der Waals surface area (Å²) in [7, 11) is 0. The van der Waals surface area contributed by atoms with Crippen LogP contribution in [0.4, 0.5) is 0 Å². The predicted molar refractivity (Wildman–Crippen MR) is 259 cm³/mol. The number of hydrogen-bond acceptors (Lipinski definition) is 3. The van der Waals surface area contributed by atoms with Crippen LogP contribution < -0.4 is 0 Å². The summed E-state index contributed by atoms with van der Waals surface area (Å²) < 4.78 is 7.29. The SMILES string of the molecule is c1ccc(-c2nc(-c3ccccc3)nc(-c3cccc(-n4c5ccccc5c5ccc6c7ccccc7n(-c7ccc8c(c7)c7ccccc7n8-c7ccccc7)c6c54)c3)n2)cc1. The molecule has 0 saturated heterocycles. The van der Waals surface area contributed by atoms with Crippen molar-refractivity contribution in [2.75, 3.05) is 0 Å². The Labute approximate surface area is 362 Å². The van der Waals surface area contributed by atoms with E-state index in [2.05, 4.69) is 171 Å². The van der Waals surface area contributed by atoms with Crippen molar-refractivity contribution in [2.45, 2.75) is 0 Å². The Hall–Kier alpha value is -8.61. The fourth-order valence-electron chi connectivity index (χ4n) is 9.71. The van der Waals surface area contributed by atoms with Crippen molar-refractivity contribution in [3.05, 3.63) is 218 Å². The maximum Gasteiger partial charge on any atom is 0.164 e. The molecule has 0 atom stereocenters. The summed E-state index contributed by atoms with van der Waals surface area (Å²) in [6, 6.07) is 77.4. The molecule has 0 spiro atoms. The third kappa shape index (κ3) is 5.48. The highest BCUT2D eigenvalue weighted by Gasteiger charge is 2.23. The van der Waals surface area contributed by atoms with Crippen LogP contribution in [0.2, 0.25) is 0 Å². The number of fused-ring (bicyclic) bond motifs is 10. The molecule has 0 aliphatic carbocycles. The monoisotopic (exact) mass is 804 g/mol. The Morgan fingerprint density at radius 3 is 1.19 bits per heavy atom. The maximum atomic E-state index is 5.11. The number of hydrogen-bond donors (Lipinski definition) is 0. The van der Waals surface area contributed by atoms with Crippen LogP contribution in [0.15, 0.2) is 218 Å². The fraction of sp³-hybridized carbons (Fsp3) is 0. The second-order valence-electron chi connectivity index (χ2n) is 16.0. The molecule has 0 radical (unpaired) electrons. The van der Waals surface area contributed by atoms with Gasteiger partial charge in [0.25, 0.3) is 0 Å². The van der Waals surface area contributed by atoms with Crippen molar-refractivity contribution in [3.63, 3.8) is 0 Å². The molecule has 13 rings (SSSR count). The molecule has 9 aromatic carbocycles.